The molecule has 1 aromatic carbocycles. The molecule has 0 saturated carbocycles. The van der Waals surface area contributed by atoms with Crippen LogP contribution in [0.15, 0.2) is 33.9 Å². The van der Waals surface area contributed by atoms with E-state index in [4.69, 9.17) is 18.9 Å². The summed E-state index contributed by atoms with van der Waals surface area (Å²) in [4.78, 5) is 25.9. The lowest BCUT2D eigenvalue weighted by Gasteiger charge is -2.32. The van der Waals surface area contributed by atoms with Crippen LogP contribution in [0.4, 0.5) is 5.69 Å². The van der Waals surface area contributed by atoms with Crippen LogP contribution in [0, 0.1) is 0 Å². The minimum atomic E-state index is -0.656. The van der Waals surface area contributed by atoms with Crippen LogP contribution in [0.2, 0.25) is 0 Å². The third-order valence-corrected chi connectivity index (χ3v) is 3.99. The van der Waals surface area contributed by atoms with Crippen molar-refractivity contribution in [2.75, 3.05) is 39.1 Å². The summed E-state index contributed by atoms with van der Waals surface area (Å²) in [7, 11) is 2.49. The molecule has 0 radical (unpaired) electrons. The molecule has 0 bridgehead atoms. The summed E-state index contributed by atoms with van der Waals surface area (Å²) in [6, 6.07) is 5.39. The van der Waals surface area contributed by atoms with Gasteiger partial charge < -0.3 is 23.8 Å². The van der Waals surface area contributed by atoms with Gasteiger partial charge in [0.15, 0.2) is 0 Å². The maximum Gasteiger partial charge on any atom is 0.355 e. The van der Waals surface area contributed by atoms with E-state index in [9.17, 15) is 9.59 Å². The third-order valence-electron chi connectivity index (χ3n) is 3.35. The van der Waals surface area contributed by atoms with Crippen LogP contribution >= 0.6 is 15.9 Å². The number of hydrogen-bond acceptors (Lipinski definition) is 7. The van der Waals surface area contributed by atoms with E-state index >= 15 is 0 Å². The van der Waals surface area contributed by atoms with Crippen molar-refractivity contribution in [2.45, 2.75) is 6.92 Å². The number of benzene rings is 1. The molecule has 0 unspecified atom stereocenters. The van der Waals surface area contributed by atoms with Gasteiger partial charge in [0, 0.05) is 4.47 Å². The van der Waals surface area contributed by atoms with E-state index < -0.39 is 11.9 Å². The Bertz CT molecular complexity index is 673. The molecule has 2 rings (SSSR count). The van der Waals surface area contributed by atoms with Crippen molar-refractivity contribution >= 4 is 33.6 Å². The fourth-order valence-corrected chi connectivity index (χ4v) is 2.91. The highest BCUT2D eigenvalue weighted by Gasteiger charge is 2.34. The lowest BCUT2D eigenvalue weighted by atomic mass is 10.1. The van der Waals surface area contributed by atoms with Crippen LogP contribution in [0.3, 0.4) is 0 Å². The number of anilines is 1. The van der Waals surface area contributed by atoms with E-state index in [0.717, 1.165) is 0 Å². The van der Waals surface area contributed by atoms with E-state index in [1.807, 2.05) is 13.0 Å². The number of para-hydroxylation sites is 1. The number of carbonyl (C=O) groups is 2. The number of nitrogens with zero attached hydrogens (tertiary/aromatic N) is 1. The molecule has 0 saturated heterocycles. The molecular formula is C16H18BrNO6. The largest absolute Gasteiger partial charge is 0.492 e. The van der Waals surface area contributed by atoms with Crippen molar-refractivity contribution in [3.8, 4) is 5.75 Å². The van der Waals surface area contributed by atoms with Crippen molar-refractivity contribution in [3.63, 3.8) is 0 Å². The Morgan fingerprint density at radius 3 is 2.58 bits per heavy atom. The van der Waals surface area contributed by atoms with E-state index in [2.05, 4.69) is 15.9 Å². The molecular weight excluding hydrogens is 382 g/mol. The lowest BCUT2D eigenvalue weighted by molar-refractivity contribution is -0.140. The summed E-state index contributed by atoms with van der Waals surface area (Å²) in [6.45, 7) is 2.32. The predicted octanol–water partition coefficient (Wildman–Crippen LogP) is 2.24. The first-order valence-corrected chi connectivity index (χ1v) is 8.00. The second-order valence-corrected chi connectivity index (χ2v) is 5.59. The van der Waals surface area contributed by atoms with E-state index in [0.29, 0.717) is 22.5 Å². The summed E-state index contributed by atoms with van der Waals surface area (Å²) in [6.07, 6.45) is 0. The topological polar surface area (TPSA) is 74.3 Å². The van der Waals surface area contributed by atoms with E-state index in [-0.39, 0.29) is 24.6 Å². The average molecular weight is 400 g/mol. The SMILES string of the molecule is CCOc1cccc(Br)c1N1COCC(C(=O)OC)=C1C(=O)OC. The second kappa shape index (κ2) is 8.16. The highest BCUT2D eigenvalue weighted by Crippen LogP contribution is 2.39. The number of ether oxygens (including phenoxy) is 4. The maximum absolute atomic E-state index is 12.3. The summed E-state index contributed by atoms with van der Waals surface area (Å²) >= 11 is 3.46. The molecule has 0 atom stereocenters. The van der Waals surface area contributed by atoms with Crippen molar-refractivity contribution in [2.24, 2.45) is 0 Å². The van der Waals surface area contributed by atoms with Crippen LogP contribution in [0.5, 0.6) is 5.75 Å². The molecule has 1 aromatic rings. The molecule has 1 aliphatic rings. The second-order valence-electron chi connectivity index (χ2n) is 4.74. The fraction of sp³-hybridized carbons (Fsp3) is 0.375. The van der Waals surface area contributed by atoms with Gasteiger partial charge >= 0.3 is 11.9 Å². The van der Waals surface area contributed by atoms with Gasteiger partial charge in [-0.05, 0) is 35.0 Å². The van der Waals surface area contributed by atoms with Gasteiger partial charge in [-0.3, -0.25) is 0 Å². The molecule has 0 aliphatic carbocycles. The quantitative estimate of drug-likeness (QED) is 0.702. The Morgan fingerprint density at radius 1 is 1.25 bits per heavy atom. The number of carbonyl (C=O) groups excluding carboxylic acids is 2. The smallest absolute Gasteiger partial charge is 0.355 e. The fourth-order valence-electron chi connectivity index (χ4n) is 2.35. The van der Waals surface area contributed by atoms with Crippen LogP contribution in [-0.4, -0.2) is 46.1 Å². The molecule has 8 heteroatoms. The molecule has 7 nitrogen and oxygen atoms in total. The summed E-state index contributed by atoms with van der Waals surface area (Å²) in [5.74, 6) is -0.759. The Labute approximate surface area is 148 Å². The number of methoxy groups -OCH3 is 2. The zero-order valence-corrected chi connectivity index (χ0v) is 15.2. The number of hydrogen-bond donors (Lipinski definition) is 0. The van der Waals surface area contributed by atoms with Gasteiger partial charge in [-0.2, -0.15) is 0 Å². The molecule has 130 valence electrons. The Morgan fingerprint density at radius 2 is 1.96 bits per heavy atom. The van der Waals surface area contributed by atoms with Gasteiger partial charge in [0.25, 0.3) is 0 Å². The first kappa shape index (κ1) is 18.3. The number of halogens is 1. The number of rotatable bonds is 5. The zero-order valence-electron chi connectivity index (χ0n) is 13.6. The molecule has 0 aromatic heterocycles. The summed E-state index contributed by atoms with van der Waals surface area (Å²) in [5.41, 5.74) is 0.734. The van der Waals surface area contributed by atoms with Gasteiger partial charge in [0.1, 0.15) is 23.9 Å². The highest BCUT2D eigenvalue weighted by atomic mass is 79.9. The molecule has 0 amide bonds. The van der Waals surface area contributed by atoms with Crippen LogP contribution in [0.25, 0.3) is 0 Å². The monoisotopic (exact) mass is 399 g/mol. The zero-order chi connectivity index (χ0) is 17.7. The summed E-state index contributed by atoms with van der Waals surface area (Å²) < 4.78 is 21.4. The van der Waals surface area contributed by atoms with Crippen molar-refractivity contribution in [1.82, 2.24) is 0 Å². The van der Waals surface area contributed by atoms with Gasteiger partial charge in [-0.1, -0.05) is 6.07 Å². The molecule has 1 heterocycles. The van der Waals surface area contributed by atoms with Gasteiger partial charge in [-0.15, -0.1) is 0 Å². The summed E-state index contributed by atoms with van der Waals surface area (Å²) in [5, 5.41) is 0. The normalized spacial score (nSPS) is 14.4. The molecule has 0 N–H and O–H groups in total. The van der Waals surface area contributed by atoms with Gasteiger partial charge in [0.2, 0.25) is 0 Å². The van der Waals surface area contributed by atoms with Gasteiger partial charge in [-0.25, -0.2) is 9.59 Å². The Hall–Kier alpha value is -2.06. The predicted molar refractivity (Wildman–Crippen MR) is 89.7 cm³/mol. The number of esters is 2. The third kappa shape index (κ3) is 3.54. The van der Waals surface area contributed by atoms with E-state index in [1.165, 1.54) is 19.1 Å². The van der Waals surface area contributed by atoms with Crippen molar-refractivity contribution < 1.29 is 28.5 Å². The molecule has 1 aliphatic heterocycles. The maximum atomic E-state index is 12.3. The van der Waals surface area contributed by atoms with Crippen LogP contribution in [-0.2, 0) is 23.8 Å². The minimum absolute atomic E-state index is 0.0397. The molecule has 0 spiro atoms. The van der Waals surface area contributed by atoms with Crippen LogP contribution < -0.4 is 9.64 Å². The lowest BCUT2D eigenvalue weighted by Crippen LogP contribution is -2.39. The first-order valence-electron chi connectivity index (χ1n) is 7.21. The Balaban J connectivity index is 2.64. The van der Waals surface area contributed by atoms with Crippen LogP contribution in [0.1, 0.15) is 6.92 Å². The molecule has 24 heavy (non-hydrogen) atoms. The van der Waals surface area contributed by atoms with Crippen molar-refractivity contribution in [1.29, 1.82) is 0 Å². The standard InChI is InChI=1S/C16H18BrNO6/c1-4-24-12-7-5-6-11(17)14(12)18-9-23-8-10(15(19)21-2)13(18)16(20)22-3/h5-7H,4,8-9H2,1-3H3. The Kier molecular flexibility index (Phi) is 6.22. The van der Waals surface area contributed by atoms with Gasteiger partial charge in [0.05, 0.1) is 33.0 Å². The van der Waals surface area contributed by atoms with Crippen molar-refractivity contribution in [3.05, 3.63) is 33.9 Å². The minimum Gasteiger partial charge on any atom is -0.492 e. The average Bonchev–Trinajstić information content (AvgIpc) is 2.60. The van der Waals surface area contributed by atoms with E-state index in [1.54, 1.807) is 12.1 Å². The molecule has 0 fully saturated rings. The highest BCUT2D eigenvalue weighted by molar-refractivity contribution is 9.10. The first-order chi connectivity index (χ1) is 11.5.